The van der Waals surface area contributed by atoms with E-state index >= 15 is 0 Å². The first-order chi connectivity index (χ1) is 3.18. The van der Waals surface area contributed by atoms with Crippen LogP contribution in [0.2, 0.25) is 0 Å². The molecule has 0 saturated heterocycles. The van der Waals surface area contributed by atoms with E-state index in [4.69, 9.17) is 16.7 Å². The van der Waals surface area contributed by atoms with Crippen molar-refractivity contribution < 1.29 is 5.11 Å². The summed E-state index contributed by atoms with van der Waals surface area (Å²) in [5.74, 6) is 0. The first-order valence-electron chi connectivity index (χ1n) is 2.14. The standard InChI is InChI=1S/C4H8BrClO/c1-2-3(5)4(6)7/h3-4,7H,2H2,1H3. The highest BCUT2D eigenvalue weighted by atomic mass is 79.9. The minimum absolute atomic E-state index is 0.0363. The molecule has 0 amide bonds. The predicted molar refractivity (Wildman–Crippen MR) is 34.9 cm³/mol. The van der Waals surface area contributed by atoms with Crippen LogP contribution in [0.4, 0.5) is 0 Å². The Morgan fingerprint density at radius 2 is 2.29 bits per heavy atom. The number of alkyl halides is 2. The van der Waals surface area contributed by atoms with Gasteiger partial charge in [0.1, 0.15) is 5.56 Å². The van der Waals surface area contributed by atoms with Gasteiger partial charge in [-0.3, -0.25) is 0 Å². The summed E-state index contributed by atoms with van der Waals surface area (Å²) in [6.07, 6.45) is 0.852. The van der Waals surface area contributed by atoms with E-state index in [9.17, 15) is 0 Å². The molecule has 0 aromatic rings. The molecule has 0 rings (SSSR count). The lowest BCUT2D eigenvalue weighted by Gasteiger charge is -2.05. The van der Waals surface area contributed by atoms with E-state index in [-0.39, 0.29) is 4.83 Å². The number of aliphatic hydroxyl groups excluding tert-OH is 1. The molecule has 0 aromatic heterocycles. The molecule has 0 fully saturated rings. The van der Waals surface area contributed by atoms with Crippen molar-refractivity contribution in [3.8, 4) is 0 Å². The van der Waals surface area contributed by atoms with Crippen LogP contribution in [0.1, 0.15) is 13.3 Å². The van der Waals surface area contributed by atoms with Gasteiger partial charge in [0, 0.05) is 0 Å². The summed E-state index contributed by atoms with van der Waals surface area (Å²) in [4.78, 5) is 0.0363. The molecule has 1 nitrogen and oxygen atoms in total. The summed E-state index contributed by atoms with van der Waals surface area (Å²) in [6, 6.07) is 0. The molecule has 2 unspecified atom stereocenters. The number of aliphatic hydroxyl groups is 1. The largest absolute Gasteiger partial charge is 0.377 e. The lowest BCUT2D eigenvalue weighted by Crippen LogP contribution is -2.10. The van der Waals surface area contributed by atoms with Gasteiger partial charge in [0.2, 0.25) is 0 Å². The van der Waals surface area contributed by atoms with Crippen molar-refractivity contribution in [2.75, 3.05) is 0 Å². The van der Waals surface area contributed by atoms with Crippen LogP contribution in [0.25, 0.3) is 0 Å². The van der Waals surface area contributed by atoms with Crippen LogP contribution in [-0.2, 0) is 0 Å². The highest BCUT2D eigenvalue weighted by Gasteiger charge is 2.07. The first kappa shape index (κ1) is 7.73. The van der Waals surface area contributed by atoms with Gasteiger partial charge in [0.25, 0.3) is 0 Å². The minimum Gasteiger partial charge on any atom is -0.377 e. The lowest BCUT2D eigenvalue weighted by atomic mass is 10.4. The Labute approximate surface area is 56.8 Å². The van der Waals surface area contributed by atoms with Crippen LogP contribution in [0.15, 0.2) is 0 Å². The summed E-state index contributed by atoms with van der Waals surface area (Å²) in [7, 11) is 0. The zero-order valence-corrected chi connectivity index (χ0v) is 6.41. The fourth-order valence-electron chi connectivity index (χ4n) is 0.194. The van der Waals surface area contributed by atoms with Crippen LogP contribution >= 0.6 is 27.5 Å². The topological polar surface area (TPSA) is 20.2 Å². The predicted octanol–water partition coefficient (Wildman–Crippen LogP) is 1.72. The van der Waals surface area contributed by atoms with Gasteiger partial charge in [-0.15, -0.1) is 0 Å². The second-order valence-corrected chi connectivity index (χ2v) is 2.92. The molecule has 2 atom stereocenters. The van der Waals surface area contributed by atoms with Crippen LogP contribution in [0.3, 0.4) is 0 Å². The molecule has 0 heterocycles. The van der Waals surface area contributed by atoms with E-state index < -0.39 is 5.56 Å². The molecular weight excluding hydrogens is 179 g/mol. The second-order valence-electron chi connectivity index (χ2n) is 1.30. The summed E-state index contributed by atoms with van der Waals surface area (Å²) in [6.45, 7) is 1.95. The Hall–Kier alpha value is 0.730. The summed E-state index contributed by atoms with van der Waals surface area (Å²) in [5, 5.41) is 8.54. The van der Waals surface area contributed by atoms with Crippen molar-refractivity contribution in [2.45, 2.75) is 23.7 Å². The zero-order chi connectivity index (χ0) is 5.86. The molecule has 0 saturated carbocycles. The average molecular weight is 187 g/mol. The maximum atomic E-state index is 8.54. The van der Waals surface area contributed by atoms with Crippen molar-refractivity contribution in [1.29, 1.82) is 0 Å². The van der Waals surface area contributed by atoms with Crippen LogP contribution in [0.5, 0.6) is 0 Å². The Morgan fingerprint density at radius 3 is 2.29 bits per heavy atom. The van der Waals surface area contributed by atoms with Crippen molar-refractivity contribution in [1.82, 2.24) is 0 Å². The lowest BCUT2D eigenvalue weighted by molar-refractivity contribution is 0.252. The smallest absolute Gasteiger partial charge is 0.140 e. The third kappa shape index (κ3) is 3.32. The van der Waals surface area contributed by atoms with E-state index in [1.807, 2.05) is 6.92 Å². The van der Waals surface area contributed by atoms with Crippen molar-refractivity contribution in [3.63, 3.8) is 0 Å². The quantitative estimate of drug-likeness (QED) is 0.653. The molecular formula is C4H8BrClO. The molecule has 1 N–H and O–H groups in total. The fraction of sp³-hybridized carbons (Fsp3) is 1.00. The van der Waals surface area contributed by atoms with Gasteiger partial charge in [-0.2, -0.15) is 0 Å². The number of hydrogen-bond donors (Lipinski definition) is 1. The summed E-state index contributed by atoms with van der Waals surface area (Å²) >= 11 is 8.40. The Bertz CT molecular complexity index is 49.0. The molecule has 0 aromatic carbocycles. The van der Waals surface area contributed by atoms with Crippen molar-refractivity contribution in [2.24, 2.45) is 0 Å². The third-order valence-electron chi connectivity index (χ3n) is 0.688. The van der Waals surface area contributed by atoms with Gasteiger partial charge in [-0.25, -0.2) is 0 Å². The summed E-state index contributed by atoms with van der Waals surface area (Å²) in [5.41, 5.74) is -0.745. The SMILES string of the molecule is CCC(Br)C(O)Cl. The molecule has 0 aliphatic heterocycles. The van der Waals surface area contributed by atoms with Crippen LogP contribution in [0, 0.1) is 0 Å². The molecule has 7 heavy (non-hydrogen) atoms. The monoisotopic (exact) mass is 186 g/mol. The number of rotatable bonds is 2. The number of halogens is 2. The fourth-order valence-corrected chi connectivity index (χ4v) is 0.373. The van der Waals surface area contributed by atoms with E-state index in [2.05, 4.69) is 15.9 Å². The van der Waals surface area contributed by atoms with E-state index in [0.717, 1.165) is 6.42 Å². The third-order valence-corrected chi connectivity index (χ3v) is 2.45. The Kier molecular flexibility index (Phi) is 4.08. The molecule has 0 spiro atoms. The number of hydrogen-bond acceptors (Lipinski definition) is 1. The van der Waals surface area contributed by atoms with Gasteiger partial charge in [-0.05, 0) is 6.42 Å². The minimum atomic E-state index is -0.745. The van der Waals surface area contributed by atoms with Crippen molar-refractivity contribution >= 4 is 27.5 Å². The van der Waals surface area contributed by atoms with Crippen LogP contribution in [-0.4, -0.2) is 15.5 Å². The highest BCUT2D eigenvalue weighted by Crippen LogP contribution is 2.11. The Morgan fingerprint density at radius 1 is 1.86 bits per heavy atom. The van der Waals surface area contributed by atoms with Gasteiger partial charge < -0.3 is 5.11 Å². The van der Waals surface area contributed by atoms with Gasteiger partial charge >= 0.3 is 0 Å². The molecule has 0 aliphatic rings. The van der Waals surface area contributed by atoms with E-state index in [1.54, 1.807) is 0 Å². The second kappa shape index (κ2) is 3.70. The van der Waals surface area contributed by atoms with Gasteiger partial charge in [0.05, 0.1) is 4.83 Å². The first-order valence-corrected chi connectivity index (χ1v) is 3.50. The molecule has 0 bridgehead atoms. The molecule has 44 valence electrons. The van der Waals surface area contributed by atoms with Gasteiger partial charge in [0.15, 0.2) is 0 Å². The normalized spacial score (nSPS) is 18.9. The molecule has 0 aliphatic carbocycles. The molecule has 3 heteroatoms. The Balaban J connectivity index is 3.14. The average Bonchev–Trinajstić information content (AvgIpc) is 1.65. The maximum absolute atomic E-state index is 8.54. The van der Waals surface area contributed by atoms with Crippen LogP contribution < -0.4 is 0 Å². The van der Waals surface area contributed by atoms with Gasteiger partial charge in [-0.1, -0.05) is 34.5 Å². The maximum Gasteiger partial charge on any atom is 0.140 e. The zero-order valence-electron chi connectivity index (χ0n) is 4.06. The van der Waals surface area contributed by atoms with E-state index in [0.29, 0.717) is 0 Å². The highest BCUT2D eigenvalue weighted by molar-refractivity contribution is 9.09. The molecule has 0 radical (unpaired) electrons. The van der Waals surface area contributed by atoms with E-state index in [1.165, 1.54) is 0 Å². The van der Waals surface area contributed by atoms with Crippen molar-refractivity contribution in [3.05, 3.63) is 0 Å². The summed E-state index contributed by atoms with van der Waals surface area (Å²) < 4.78 is 0.